The standard InChI is InChI=1S/C21H23F2N3O3S/c22-21(23)8-5-19(6-9-21)30(28,29)18-3-1-15(2-4-18)11-25-20(27)26-13-16-7-10-24-12-17(16)14-26/h1-4,7,10,12,19H,5-6,8-9,11,13-14H2,(H,25,27). The lowest BCUT2D eigenvalue weighted by Gasteiger charge is -2.28. The fourth-order valence-electron chi connectivity index (χ4n) is 3.97. The molecule has 1 saturated carbocycles. The number of nitrogens with one attached hydrogen (secondary N) is 1. The molecule has 0 saturated heterocycles. The van der Waals surface area contributed by atoms with Crippen molar-refractivity contribution in [2.24, 2.45) is 0 Å². The summed E-state index contributed by atoms with van der Waals surface area (Å²) in [5, 5.41) is 2.07. The average molecular weight is 435 g/mol. The van der Waals surface area contributed by atoms with E-state index in [-0.39, 0.29) is 30.3 Å². The third kappa shape index (κ3) is 4.30. The van der Waals surface area contributed by atoms with Crippen LogP contribution in [0.25, 0.3) is 0 Å². The Hall–Kier alpha value is -2.55. The van der Waals surface area contributed by atoms with E-state index < -0.39 is 33.9 Å². The van der Waals surface area contributed by atoms with Gasteiger partial charge < -0.3 is 10.2 Å². The Morgan fingerprint density at radius 3 is 2.43 bits per heavy atom. The normalized spacial score (nSPS) is 18.8. The SMILES string of the molecule is O=C(NCc1ccc(S(=O)(=O)C2CCC(F)(F)CC2)cc1)N1Cc2ccncc2C1. The van der Waals surface area contributed by atoms with Crippen LogP contribution >= 0.6 is 0 Å². The van der Waals surface area contributed by atoms with Crippen LogP contribution in [0.15, 0.2) is 47.6 Å². The van der Waals surface area contributed by atoms with E-state index >= 15 is 0 Å². The number of alkyl halides is 2. The van der Waals surface area contributed by atoms with Crippen molar-refractivity contribution in [1.29, 1.82) is 0 Å². The van der Waals surface area contributed by atoms with E-state index in [0.717, 1.165) is 16.7 Å². The smallest absolute Gasteiger partial charge is 0.318 e. The molecule has 1 N–H and O–H groups in total. The lowest BCUT2D eigenvalue weighted by atomic mass is 9.96. The predicted molar refractivity (Wildman–Crippen MR) is 107 cm³/mol. The molecule has 30 heavy (non-hydrogen) atoms. The van der Waals surface area contributed by atoms with Crippen LogP contribution in [-0.4, -0.2) is 35.5 Å². The van der Waals surface area contributed by atoms with E-state index in [1.54, 1.807) is 29.4 Å². The molecule has 1 aliphatic carbocycles. The molecule has 2 aromatic rings. The van der Waals surface area contributed by atoms with E-state index in [0.29, 0.717) is 13.1 Å². The molecule has 6 nitrogen and oxygen atoms in total. The van der Waals surface area contributed by atoms with Crippen LogP contribution < -0.4 is 5.32 Å². The van der Waals surface area contributed by atoms with Gasteiger partial charge in [0, 0.05) is 44.9 Å². The molecule has 2 aliphatic rings. The molecule has 0 bridgehead atoms. The number of urea groups is 1. The highest BCUT2D eigenvalue weighted by Gasteiger charge is 2.40. The molecule has 1 aliphatic heterocycles. The average Bonchev–Trinajstić information content (AvgIpc) is 3.16. The number of benzene rings is 1. The maximum Gasteiger partial charge on any atom is 0.318 e. The van der Waals surface area contributed by atoms with Crippen LogP contribution in [0, 0.1) is 0 Å². The van der Waals surface area contributed by atoms with E-state index in [4.69, 9.17) is 0 Å². The summed E-state index contributed by atoms with van der Waals surface area (Å²) in [4.78, 5) is 18.3. The second kappa shape index (κ2) is 7.94. The Bertz CT molecular complexity index is 1010. The first kappa shape index (κ1) is 20.7. The summed E-state index contributed by atoms with van der Waals surface area (Å²) in [5.41, 5.74) is 2.87. The summed E-state index contributed by atoms with van der Waals surface area (Å²) in [6, 6.07) is 7.96. The molecule has 1 fully saturated rings. The second-order valence-corrected chi connectivity index (χ2v) is 10.1. The van der Waals surface area contributed by atoms with Gasteiger partial charge in [0.1, 0.15) is 0 Å². The summed E-state index contributed by atoms with van der Waals surface area (Å²) in [6.45, 7) is 1.30. The van der Waals surface area contributed by atoms with Crippen LogP contribution in [0.5, 0.6) is 0 Å². The zero-order chi connectivity index (χ0) is 21.4. The van der Waals surface area contributed by atoms with Gasteiger partial charge in [-0.25, -0.2) is 22.0 Å². The van der Waals surface area contributed by atoms with Crippen molar-refractivity contribution in [3.8, 4) is 0 Å². The van der Waals surface area contributed by atoms with Crippen LogP contribution in [0.3, 0.4) is 0 Å². The number of fused-ring (bicyclic) bond motifs is 1. The number of carbonyl (C=O) groups excluding carboxylic acids is 1. The lowest BCUT2D eigenvalue weighted by molar-refractivity contribution is -0.0328. The predicted octanol–water partition coefficient (Wildman–Crippen LogP) is 3.66. The quantitative estimate of drug-likeness (QED) is 0.795. The van der Waals surface area contributed by atoms with Gasteiger partial charge >= 0.3 is 6.03 Å². The highest BCUT2D eigenvalue weighted by molar-refractivity contribution is 7.92. The molecular formula is C21H23F2N3O3S. The Morgan fingerprint density at radius 2 is 1.77 bits per heavy atom. The first-order chi connectivity index (χ1) is 14.2. The Labute approximate surface area is 174 Å². The maximum atomic E-state index is 13.3. The molecule has 0 spiro atoms. The number of nitrogens with zero attached hydrogens (tertiary/aromatic N) is 2. The molecule has 1 aromatic carbocycles. The van der Waals surface area contributed by atoms with E-state index in [9.17, 15) is 22.0 Å². The minimum atomic E-state index is -3.64. The van der Waals surface area contributed by atoms with Gasteiger partial charge in [-0.3, -0.25) is 4.98 Å². The van der Waals surface area contributed by atoms with Crippen LogP contribution in [-0.2, 0) is 29.5 Å². The molecule has 4 rings (SSSR count). The molecule has 1 aromatic heterocycles. The number of halogens is 2. The second-order valence-electron chi connectivity index (χ2n) is 7.90. The van der Waals surface area contributed by atoms with Gasteiger partial charge in [0.05, 0.1) is 10.1 Å². The summed E-state index contributed by atoms with van der Waals surface area (Å²) < 4.78 is 52.1. The topological polar surface area (TPSA) is 79.4 Å². The number of carbonyl (C=O) groups is 1. The summed E-state index contributed by atoms with van der Waals surface area (Å²) in [7, 11) is -3.64. The van der Waals surface area contributed by atoms with Crippen LogP contribution in [0.4, 0.5) is 13.6 Å². The summed E-state index contributed by atoms with van der Waals surface area (Å²) >= 11 is 0. The molecule has 160 valence electrons. The first-order valence-electron chi connectivity index (χ1n) is 9.90. The van der Waals surface area contributed by atoms with E-state index in [2.05, 4.69) is 10.3 Å². The van der Waals surface area contributed by atoms with Crippen molar-refractivity contribution >= 4 is 15.9 Å². The molecule has 0 unspecified atom stereocenters. The third-order valence-electron chi connectivity index (χ3n) is 5.81. The largest absolute Gasteiger partial charge is 0.334 e. The number of sulfone groups is 1. The Kier molecular flexibility index (Phi) is 5.48. The van der Waals surface area contributed by atoms with Crippen molar-refractivity contribution in [3.63, 3.8) is 0 Å². The third-order valence-corrected chi connectivity index (χ3v) is 8.09. The summed E-state index contributed by atoms with van der Waals surface area (Å²) in [6.07, 6.45) is 2.63. The number of hydrogen-bond acceptors (Lipinski definition) is 4. The van der Waals surface area contributed by atoms with E-state index in [1.807, 2.05) is 6.07 Å². The van der Waals surface area contributed by atoms with Crippen molar-refractivity contribution < 1.29 is 22.0 Å². The number of amides is 2. The molecule has 0 atom stereocenters. The number of pyridine rings is 1. The molecule has 2 heterocycles. The van der Waals surface area contributed by atoms with Gasteiger partial charge in [0.2, 0.25) is 5.92 Å². The van der Waals surface area contributed by atoms with Gasteiger partial charge in [-0.05, 0) is 47.7 Å². The van der Waals surface area contributed by atoms with Gasteiger partial charge in [-0.2, -0.15) is 0 Å². The van der Waals surface area contributed by atoms with Crippen molar-refractivity contribution in [2.45, 2.75) is 61.4 Å². The Morgan fingerprint density at radius 1 is 1.10 bits per heavy atom. The van der Waals surface area contributed by atoms with E-state index in [1.165, 1.54) is 12.1 Å². The highest BCUT2D eigenvalue weighted by atomic mass is 32.2. The molecule has 2 amide bonds. The lowest BCUT2D eigenvalue weighted by Crippen LogP contribution is -2.36. The van der Waals surface area contributed by atoms with Gasteiger partial charge in [0.25, 0.3) is 0 Å². The number of hydrogen-bond donors (Lipinski definition) is 1. The van der Waals surface area contributed by atoms with Crippen LogP contribution in [0.2, 0.25) is 0 Å². The highest BCUT2D eigenvalue weighted by Crippen LogP contribution is 2.37. The molecule has 0 radical (unpaired) electrons. The Balaban J connectivity index is 1.33. The van der Waals surface area contributed by atoms with Gasteiger partial charge in [0.15, 0.2) is 9.84 Å². The molecular weight excluding hydrogens is 412 g/mol. The monoisotopic (exact) mass is 435 g/mol. The minimum absolute atomic E-state index is 0.0269. The zero-order valence-corrected chi connectivity index (χ0v) is 17.2. The van der Waals surface area contributed by atoms with Crippen LogP contribution in [0.1, 0.15) is 42.4 Å². The molecule has 9 heteroatoms. The fraction of sp³-hybridized carbons (Fsp3) is 0.429. The zero-order valence-electron chi connectivity index (χ0n) is 16.4. The summed E-state index contributed by atoms with van der Waals surface area (Å²) in [5.74, 6) is -2.76. The van der Waals surface area contributed by atoms with Crippen molar-refractivity contribution in [1.82, 2.24) is 15.2 Å². The first-order valence-corrected chi connectivity index (χ1v) is 11.4. The number of aromatic nitrogens is 1. The fourth-order valence-corrected chi connectivity index (χ4v) is 5.72. The van der Waals surface area contributed by atoms with Crippen molar-refractivity contribution in [3.05, 3.63) is 59.4 Å². The minimum Gasteiger partial charge on any atom is -0.334 e. The van der Waals surface area contributed by atoms with Gasteiger partial charge in [-0.1, -0.05) is 12.1 Å². The maximum absolute atomic E-state index is 13.3. The number of rotatable bonds is 4. The van der Waals surface area contributed by atoms with Gasteiger partial charge in [-0.15, -0.1) is 0 Å². The van der Waals surface area contributed by atoms with Crippen molar-refractivity contribution in [2.75, 3.05) is 0 Å².